The second-order valence-electron chi connectivity index (χ2n) is 20.3. The molecule has 13 nitrogen and oxygen atoms in total. The van der Waals surface area contributed by atoms with Gasteiger partial charge in [-0.3, -0.25) is 0 Å². The number of hydrogen-bond donors (Lipinski definition) is 0. The van der Waals surface area contributed by atoms with Gasteiger partial charge in [-0.15, -0.1) is 0 Å². The highest BCUT2D eigenvalue weighted by molar-refractivity contribution is 6.74. The molecule has 0 spiro atoms. The first kappa shape index (κ1) is 54.7. The molecule has 0 unspecified atom stereocenters. The predicted octanol–water partition coefficient (Wildman–Crippen LogP) is 12.3. The molecule has 0 aromatic heterocycles. The minimum Gasteiger partial charge on any atom is -0.392 e. The maximum atomic E-state index is 10.4. The van der Waals surface area contributed by atoms with Crippen molar-refractivity contribution >= 4 is 8.32 Å². The Morgan fingerprint density at radius 3 is 1.18 bits per heavy atom. The zero-order valence-corrected chi connectivity index (χ0v) is 44.2. The van der Waals surface area contributed by atoms with Gasteiger partial charge in [0.15, 0.2) is 20.9 Å². The summed E-state index contributed by atoms with van der Waals surface area (Å²) in [5.74, 6) is 0. The van der Waals surface area contributed by atoms with Gasteiger partial charge in [-0.05, 0) is 57.0 Å². The molecule has 390 valence electrons. The van der Waals surface area contributed by atoms with Crippen LogP contribution in [0, 0.1) is 0 Å². The smallest absolute Gasteiger partial charge is 0.195 e. The van der Waals surface area contributed by atoms with Gasteiger partial charge < -0.3 is 47.1 Å². The fourth-order valence-electron chi connectivity index (χ4n) is 8.77. The van der Waals surface area contributed by atoms with E-state index < -0.39 is 69.7 Å². The maximum Gasteiger partial charge on any atom is 0.195 e. The van der Waals surface area contributed by atoms with E-state index in [1.54, 1.807) is 0 Å². The number of ether oxygens (including phenoxy) is 9. The maximum absolute atomic E-state index is 10.4. The number of rotatable bonds is 25. The Kier molecular flexibility index (Phi) is 20.2. The van der Waals surface area contributed by atoms with Crippen LogP contribution in [-0.4, -0.2) is 82.9 Å². The largest absolute Gasteiger partial charge is 0.392 e. The number of nitrogens with zero attached hydrogens (tertiary/aromatic N) is 3. The summed E-state index contributed by atoms with van der Waals surface area (Å²) in [7, 11) is -2.58. The van der Waals surface area contributed by atoms with Gasteiger partial charge in [0.05, 0.1) is 52.9 Å². The first-order valence-electron chi connectivity index (χ1n) is 25.6. The second kappa shape index (κ2) is 27.3. The normalized spacial score (nSPS) is 24.2. The van der Waals surface area contributed by atoms with E-state index in [1.165, 1.54) is 0 Å². The predicted molar refractivity (Wildman–Crippen MR) is 286 cm³/mol. The van der Waals surface area contributed by atoms with Crippen LogP contribution in [0.1, 0.15) is 54.2 Å². The van der Waals surface area contributed by atoms with Crippen molar-refractivity contribution in [1.29, 1.82) is 0 Å². The quantitative estimate of drug-likeness (QED) is 0.0235. The Balaban J connectivity index is 1.22. The molecule has 74 heavy (non-hydrogen) atoms. The van der Waals surface area contributed by atoms with Crippen LogP contribution < -0.4 is 0 Å². The third-order valence-corrected chi connectivity index (χ3v) is 18.3. The summed E-state index contributed by atoms with van der Waals surface area (Å²) in [6.07, 6.45) is -8.08. The van der Waals surface area contributed by atoms with Crippen LogP contribution in [0.5, 0.6) is 0 Å². The Morgan fingerprint density at radius 2 is 0.784 bits per heavy atom. The third kappa shape index (κ3) is 15.5. The van der Waals surface area contributed by atoms with Crippen LogP contribution in [0.15, 0.2) is 187 Å². The van der Waals surface area contributed by atoms with Gasteiger partial charge in [0.1, 0.15) is 48.8 Å². The Bertz CT molecular complexity index is 2580. The monoisotopic (exact) mass is 1020 g/mol. The highest BCUT2D eigenvalue weighted by Crippen LogP contribution is 2.42. The highest BCUT2D eigenvalue weighted by atomic mass is 28.4. The second-order valence-corrected chi connectivity index (χ2v) is 25.1. The molecule has 2 aliphatic rings. The van der Waals surface area contributed by atoms with E-state index in [0.29, 0.717) is 13.2 Å². The van der Waals surface area contributed by atoms with Gasteiger partial charge in [-0.25, -0.2) is 0 Å². The van der Waals surface area contributed by atoms with Crippen molar-refractivity contribution in [3.05, 3.63) is 226 Å². The molecular weight excluding hydrogens is 951 g/mol. The molecule has 2 fully saturated rings. The van der Waals surface area contributed by atoms with E-state index in [2.05, 4.69) is 43.9 Å². The lowest BCUT2D eigenvalue weighted by Crippen LogP contribution is -2.66. The third-order valence-electron chi connectivity index (χ3n) is 13.8. The first-order valence-corrected chi connectivity index (χ1v) is 28.5. The summed E-state index contributed by atoms with van der Waals surface area (Å²) in [5, 5.41) is 4.21. The molecule has 14 heteroatoms. The SMILES string of the molecule is CC(C)(C)[Si](C)(C)O[C@H]1O[C@H](COCc2ccccc2)[C@@H](O[C@H]2O[C@H](COCc3ccccc3)[C@@H](OCc3ccccc3)[C@H](OCc3ccccc3)[C@@H]2OCc2ccccc2)[C@H](OCc2ccccc2)[C@H]1N=[N+]=[N-]. The fraction of sp³-hybridized carbons (Fsp3) is 0.400. The van der Waals surface area contributed by atoms with Gasteiger partial charge >= 0.3 is 0 Å². The average molecular weight is 1020 g/mol. The Hall–Kier alpha value is -5.55. The molecule has 6 aromatic carbocycles. The lowest BCUT2D eigenvalue weighted by molar-refractivity contribution is -0.361. The topological polar surface area (TPSA) is 141 Å². The van der Waals surface area contributed by atoms with E-state index >= 15 is 0 Å². The van der Waals surface area contributed by atoms with Crippen molar-refractivity contribution in [3.8, 4) is 0 Å². The van der Waals surface area contributed by atoms with Crippen molar-refractivity contribution in [2.24, 2.45) is 5.11 Å². The van der Waals surface area contributed by atoms with E-state index in [0.717, 1.165) is 33.4 Å². The van der Waals surface area contributed by atoms with Gasteiger partial charge in [-0.2, -0.15) is 0 Å². The lowest BCUT2D eigenvalue weighted by atomic mass is 9.95. The summed E-state index contributed by atoms with van der Waals surface area (Å²) >= 11 is 0. The molecule has 2 aliphatic heterocycles. The number of azide groups is 1. The molecule has 0 radical (unpaired) electrons. The van der Waals surface area contributed by atoms with Crippen molar-refractivity contribution < 1.29 is 47.1 Å². The summed E-state index contributed by atoms with van der Waals surface area (Å²) in [4.78, 5) is 3.39. The molecule has 0 aliphatic carbocycles. The first-order chi connectivity index (χ1) is 36.0. The molecule has 8 rings (SSSR count). The molecule has 0 saturated carbocycles. The van der Waals surface area contributed by atoms with Crippen LogP contribution in [0.2, 0.25) is 18.1 Å². The molecule has 0 bridgehead atoms. The zero-order valence-electron chi connectivity index (χ0n) is 43.2. The highest BCUT2D eigenvalue weighted by Gasteiger charge is 2.55. The molecule has 0 N–H and O–H groups in total. The fourth-order valence-corrected chi connectivity index (χ4v) is 9.90. The Labute approximate surface area is 437 Å². The van der Waals surface area contributed by atoms with Crippen LogP contribution in [0.25, 0.3) is 10.4 Å². The van der Waals surface area contributed by atoms with E-state index in [-0.39, 0.29) is 44.7 Å². The number of hydrogen-bond acceptors (Lipinski definition) is 11. The summed E-state index contributed by atoms with van der Waals surface area (Å²) in [5.41, 5.74) is 16.2. The summed E-state index contributed by atoms with van der Waals surface area (Å²) in [6.45, 7) is 12.4. The molecule has 0 amide bonds. The van der Waals surface area contributed by atoms with Crippen molar-refractivity contribution in [3.63, 3.8) is 0 Å². The minimum absolute atomic E-state index is 0.0632. The van der Waals surface area contributed by atoms with Crippen LogP contribution >= 0.6 is 0 Å². The van der Waals surface area contributed by atoms with E-state index in [4.69, 9.17) is 47.1 Å². The van der Waals surface area contributed by atoms with E-state index in [9.17, 15) is 5.53 Å². The molecule has 2 saturated heterocycles. The molecule has 2 heterocycles. The van der Waals surface area contributed by atoms with Gasteiger partial charge in [-0.1, -0.05) is 208 Å². The minimum atomic E-state index is -2.58. The van der Waals surface area contributed by atoms with Gasteiger partial charge in [0.2, 0.25) is 0 Å². The van der Waals surface area contributed by atoms with Crippen LogP contribution in [0.4, 0.5) is 0 Å². The van der Waals surface area contributed by atoms with E-state index in [1.807, 2.05) is 182 Å². The van der Waals surface area contributed by atoms with Crippen LogP contribution in [-0.2, 0) is 86.7 Å². The standard InChI is InChI=1S/C60H71N3O10Si/c1-60(2,3)74(4,5)73-58-52(62-63-61)55(67-39-47-30-18-9-19-31-47)54(51(70-58)43-65-37-45-26-14-7-15-27-45)72-59-57(69-41-49-34-22-11-23-35-49)56(68-40-48-32-20-10-21-33-48)53(66-38-46-28-16-8-17-29-46)50(71-59)42-64-36-44-24-12-6-13-25-44/h6-35,50-59H,36-43H2,1-5H3/t50-,51-,52-,53-,54-,55-,56+,57+,58-,59-/m1/s1. The van der Waals surface area contributed by atoms with Crippen molar-refractivity contribution in [1.82, 2.24) is 0 Å². The van der Waals surface area contributed by atoms with Gasteiger partial charge in [0, 0.05) is 4.91 Å². The zero-order chi connectivity index (χ0) is 51.6. The average Bonchev–Trinajstić information content (AvgIpc) is 3.42. The van der Waals surface area contributed by atoms with Gasteiger partial charge in [0.25, 0.3) is 0 Å². The lowest BCUT2D eigenvalue weighted by Gasteiger charge is -2.51. The number of benzene rings is 6. The van der Waals surface area contributed by atoms with Crippen molar-refractivity contribution in [2.75, 3.05) is 13.2 Å². The Morgan fingerprint density at radius 1 is 0.446 bits per heavy atom. The summed E-state index contributed by atoms with van der Waals surface area (Å²) < 4.78 is 70.0. The summed E-state index contributed by atoms with van der Waals surface area (Å²) in [6, 6.07) is 58.8. The molecule has 10 atom stereocenters. The van der Waals surface area contributed by atoms with Crippen molar-refractivity contribution in [2.45, 2.75) is 140 Å². The molecular formula is C60H71N3O10Si. The van der Waals surface area contributed by atoms with Crippen LogP contribution in [0.3, 0.4) is 0 Å². The molecule has 6 aromatic rings.